The van der Waals surface area contributed by atoms with Crippen LogP contribution >= 0.6 is 11.8 Å². The maximum Gasteiger partial charge on any atom is 0.416 e. The fraction of sp³-hybridized carbons (Fsp3) is 0.286. The topological polar surface area (TPSA) is 18.5 Å². The second kappa shape index (κ2) is 9.22. The van der Waals surface area contributed by atoms with E-state index in [1.165, 1.54) is 12.1 Å². The van der Waals surface area contributed by atoms with Gasteiger partial charge in [0.2, 0.25) is 0 Å². The summed E-state index contributed by atoms with van der Waals surface area (Å²) in [6, 6.07) is 10.5. The minimum atomic E-state index is -4.34. The average molecular weight is 394 g/mol. The molecule has 0 bridgehead atoms. The highest BCUT2D eigenvalue weighted by atomic mass is 32.2. The Morgan fingerprint density at radius 3 is 2.26 bits per heavy atom. The molecule has 2 aromatic rings. The van der Waals surface area contributed by atoms with Gasteiger partial charge < -0.3 is 9.47 Å². The van der Waals surface area contributed by atoms with Crippen LogP contribution in [0, 0.1) is 14.0 Å². The van der Waals surface area contributed by atoms with Gasteiger partial charge in [-0.3, -0.25) is 0 Å². The Balaban J connectivity index is 1.96. The van der Waals surface area contributed by atoms with Gasteiger partial charge in [0.05, 0.1) is 5.56 Å². The van der Waals surface area contributed by atoms with E-state index in [4.69, 9.17) is 16.6 Å². The molecule has 27 heavy (non-hydrogen) atoms. The molecule has 0 spiro atoms. The fourth-order valence-electron chi connectivity index (χ4n) is 2.26. The number of thioether (sulfide) groups is 1. The van der Waals surface area contributed by atoms with Crippen molar-refractivity contribution in [1.29, 1.82) is 0 Å². The summed E-state index contributed by atoms with van der Waals surface area (Å²) in [5, 5.41) is 0. The molecule has 0 aliphatic rings. The van der Waals surface area contributed by atoms with Crippen LogP contribution in [0.4, 0.5) is 13.2 Å². The number of alkyl halides is 3. The van der Waals surface area contributed by atoms with Gasteiger partial charge in [-0.05, 0) is 74.4 Å². The second-order valence-corrected chi connectivity index (χ2v) is 7.30. The first-order valence-electron chi connectivity index (χ1n) is 8.26. The normalized spacial score (nSPS) is 11.2. The Kier molecular flexibility index (Phi) is 7.25. The Labute approximate surface area is 162 Å². The predicted octanol–water partition coefficient (Wildman–Crippen LogP) is 6.57. The molecule has 0 aliphatic heterocycles. The minimum Gasteiger partial charge on any atom is -0.489 e. The molecule has 0 saturated heterocycles. The van der Waals surface area contributed by atoms with Gasteiger partial charge in [0.1, 0.15) is 18.1 Å². The largest absolute Gasteiger partial charge is 0.489 e. The third kappa shape index (κ3) is 6.24. The van der Waals surface area contributed by atoms with Gasteiger partial charge in [-0.2, -0.15) is 13.2 Å². The molecule has 0 atom stereocenters. The first-order valence-corrected chi connectivity index (χ1v) is 9.24. The van der Waals surface area contributed by atoms with Crippen LogP contribution in [0.25, 0.3) is 0 Å². The molecule has 2 rings (SSSR count). The Bertz CT molecular complexity index is 792. The lowest BCUT2D eigenvalue weighted by atomic mass is 10.2. The summed E-state index contributed by atoms with van der Waals surface area (Å²) in [6.45, 7) is 6.22. The Hall–Kier alpha value is -2.08. The fourth-order valence-corrected chi connectivity index (χ4v) is 3.39. The van der Waals surface area contributed by atoms with Crippen molar-refractivity contribution in [3.8, 4) is 11.5 Å². The van der Waals surface area contributed by atoms with E-state index in [2.05, 4.69) is 0 Å². The molecule has 0 aliphatic carbocycles. The third-order valence-electron chi connectivity index (χ3n) is 3.99. The lowest BCUT2D eigenvalue weighted by Gasteiger charge is -2.13. The van der Waals surface area contributed by atoms with Gasteiger partial charge in [-0.1, -0.05) is 5.57 Å². The van der Waals surface area contributed by atoms with Crippen LogP contribution in [0.3, 0.4) is 0 Å². The molecule has 0 unspecified atom stereocenters. The van der Waals surface area contributed by atoms with Gasteiger partial charge in [0.15, 0.2) is 7.11 Å². The van der Waals surface area contributed by atoms with Gasteiger partial charge in [0.25, 0.3) is 0 Å². The lowest BCUT2D eigenvalue weighted by Crippen LogP contribution is -2.07. The van der Waals surface area contributed by atoms with Crippen LogP contribution < -0.4 is 9.47 Å². The minimum absolute atomic E-state index is 0.323. The van der Waals surface area contributed by atoms with E-state index in [0.717, 1.165) is 33.7 Å². The lowest BCUT2D eigenvalue weighted by molar-refractivity contribution is -0.137. The first-order chi connectivity index (χ1) is 12.7. The van der Waals surface area contributed by atoms with Crippen LogP contribution in [0.2, 0.25) is 0 Å². The number of benzene rings is 2. The summed E-state index contributed by atoms with van der Waals surface area (Å²) in [7, 11) is 5.20. The van der Waals surface area contributed by atoms with Crippen LogP contribution in [0.5, 0.6) is 11.5 Å². The van der Waals surface area contributed by atoms with E-state index in [9.17, 15) is 13.2 Å². The monoisotopic (exact) mass is 394 g/mol. The maximum atomic E-state index is 12.6. The molecule has 0 heterocycles. The number of ether oxygens (including phenoxy) is 2. The van der Waals surface area contributed by atoms with Crippen LogP contribution in [0.15, 0.2) is 58.5 Å². The van der Waals surface area contributed by atoms with E-state index in [-0.39, 0.29) is 0 Å². The van der Waals surface area contributed by atoms with E-state index in [0.29, 0.717) is 23.9 Å². The summed E-state index contributed by atoms with van der Waals surface area (Å²) >= 11 is 1.65. The van der Waals surface area contributed by atoms with E-state index in [1.807, 2.05) is 39.0 Å². The zero-order valence-electron chi connectivity index (χ0n) is 15.4. The molecule has 0 saturated carbocycles. The highest BCUT2D eigenvalue weighted by Crippen LogP contribution is 2.31. The molecule has 0 aromatic heterocycles. The van der Waals surface area contributed by atoms with Crippen molar-refractivity contribution in [2.24, 2.45) is 0 Å². The van der Waals surface area contributed by atoms with Crippen molar-refractivity contribution in [2.45, 2.75) is 31.8 Å². The highest BCUT2D eigenvalue weighted by Gasteiger charge is 2.30. The summed E-state index contributed by atoms with van der Waals surface area (Å²) in [5.74, 6) is 1.75. The first kappa shape index (κ1) is 21.2. The van der Waals surface area contributed by atoms with Crippen molar-refractivity contribution in [1.82, 2.24) is 0 Å². The average Bonchev–Trinajstić information content (AvgIpc) is 2.61. The van der Waals surface area contributed by atoms with E-state index >= 15 is 0 Å². The van der Waals surface area contributed by atoms with Crippen LogP contribution in [0.1, 0.15) is 25.0 Å². The number of hydrogen-bond donors (Lipinski definition) is 0. The number of halogens is 3. The van der Waals surface area contributed by atoms with E-state index < -0.39 is 11.7 Å². The Morgan fingerprint density at radius 2 is 1.74 bits per heavy atom. The van der Waals surface area contributed by atoms with Gasteiger partial charge in [0, 0.05) is 10.6 Å². The molecule has 6 heteroatoms. The van der Waals surface area contributed by atoms with Crippen molar-refractivity contribution in [3.05, 3.63) is 71.8 Å². The zero-order chi connectivity index (χ0) is 20.0. The zero-order valence-corrected chi connectivity index (χ0v) is 16.2. The quantitative estimate of drug-likeness (QED) is 0.391. The molecule has 0 fully saturated rings. The number of hydrogen-bond acceptors (Lipinski definition) is 3. The Morgan fingerprint density at radius 1 is 1.07 bits per heavy atom. The van der Waals surface area contributed by atoms with Gasteiger partial charge in [-0.15, -0.1) is 11.8 Å². The molecule has 0 N–H and O–H groups in total. The van der Waals surface area contributed by atoms with Gasteiger partial charge >= 0.3 is 6.18 Å². The summed E-state index contributed by atoms with van der Waals surface area (Å²) in [4.78, 5) is 1.07. The van der Waals surface area contributed by atoms with Crippen molar-refractivity contribution in [2.75, 3.05) is 12.4 Å². The molecule has 2 nitrogen and oxygen atoms in total. The summed E-state index contributed by atoms with van der Waals surface area (Å²) < 4.78 is 48.3. The number of allylic oxidation sites excluding steroid dienone is 1. The molecule has 2 aromatic carbocycles. The molecule has 0 amide bonds. The highest BCUT2D eigenvalue weighted by molar-refractivity contribution is 7.99. The van der Waals surface area contributed by atoms with Crippen molar-refractivity contribution in [3.63, 3.8) is 0 Å². The standard InChI is InChI=1S/C21H21F3O2S/c1-14(2)16(13-27-19-9-10-20(25-4)15(3)11-19)12-26-18-7-5-17(6-8-18)21(22,23)24/h4-11H,12-13H2,1-3H3. The van der Waals surface area contributed by atoms with Gasteiger partial charge in [-0.25, -0.2) is 0 Å². The number of aryl methyl sites for hydroxylation is 1. The summed E-state index contributed by atoms with van der Waals surface area (Å²) in [6.07, 6.45) is -4.34. The van der Waals surface area contributed by atoms with Crippen molar-refractivity contribution < 1.29 is 22.6 Å². The number of rotatable bonds is 7. The molecule has 2 radical (unpaired) electrons. The predicted molar refractivity (Wildman–Crippen MR) is 102 cm³/mol. The second-order valence-electron chi connectivity index (χ2n) is 6.25. The van der Waals surface area contributed by atoms with Crippen LogP contribution in [-0.4, -0.2) is 12.4 Å². The van der Waals surface area contributed by atoms with Crippen molar-refractivity contribution >= 4 is 11.8 Å². The molecule has 144 valence electrons. The molecular formula is C21H21F3O2S. The summed E-state index contributed by atoms with van der Waals surface area (Å²) in [5.41, 5.74) is 2.46. The SMILES string of the molecule is [CH]Oc1ccc(SCC(COc2ccc(C(F)(F)F)cc2)=C(C)C)cc1C. The van der Waals surface area contributed by atoms with Crippen LogP contribution in [-0.2, 0) is 6.18 Å². The van der Waals surface area contributed by atoms with E-state index in [1.54, 1.807) is 11.8 Å². The third-order valence-corrected chi connectivity index (χ3v) is 5.07. The smallest absolute Gasteiger partial charge is 0.416 e. The maximum absolute atomic E-state index is 12.6. The molecular weight excluding hydrogens is 373 g/mol.